The molecule has 1 amide bonds. The van der Waals surface area contributed by atoms with Crippen LogP contribution in [0.1, 0.15) is 45.4 Å². The number of hydrogen-bond acceptors (Lipinski definition) is 5. The van der Waals surface area contributed by atoms with Crippen molar-refractivity contribution in [2.24, 2.45) is 5.92 Å². The summed E-state index contributed by atoms with van der Waals surface area (Å²) in [4.78, 5) is 24.4. The minimum Gasteiger partial charge on any atom is -0.494 e. The Kier molecular flexibility index (Phi) is 7.94. The first-order valence-electron chi connectivity index (χ1n) is 9.22. The van der Waals surface area contributed by atoms with E-state index in [1.54, 1.807) is 30.3 Å². The topological polar surface area (TPSA) is 88.4 Å². The van der Waals surface area contributed by atoms with E-state index < -0.39 is 17.6 Å². The molecule has 0 bridgehead atoms. The number of rotatable bonds is 9. The molecule has 0 saturated heterocycles. The summed E-state index contributed by atoms with van der Waals surface area (Å²) >= 11 is 0. The molecule has 0 aromatic heterocycles. The maximum Gasteiger partial charge on any atom is 0.245 e. The zero-order chi connectivity index (χ0) is 18.8. The highest BCUT2D eigenvalue weighted by Gasteiger charge is 2.28. The number of carbonyl (C=O) groups excluding carboxylic acids is 2. The largest absolute Gasteiger partial charge is 0.494 e. The number of benzene rings is 1. The lowest BCUT2D eigenvalue weighted by Crippen LogP contribution is -2.43. The molecular formula is C20H26N2O4. The smallest absolute Gasteiger partial charge is 0.245 e. The third-order valence-electron chi connectivity index (χ3n) is 4.34. The van der Waals surface area contributed by atoms with Gasteiger partial charge >= 0.3 is 0 Å². The molecule has 1 N–H and O–H groups in total. The number of nitriles is 1. The molecule has 1 fully saturated rings. The lowest BCUT2D eigenvalue weighted by atomic mass is 9.94. The number of carbonyl (C=O) groups is 2. The zero-order valence-corrected chi connectivity index (χ0v) is 15.2. The van der Waals surface area contributed by atoms with E-state index in [1.165, 1.54) is 6.42 Å². The molecule has 6 nitrogen and oxygen atoms in total. The first kappa shape index (κ1) is 19.8. The zero-order valence-electron chi connectivity index (χ0n) is 15.2. The van der Waals surface area contributed by atoms with Crippen LogP contribution in [0.25, 0.3) is 0 Å². The number of Topliss-reactive ketones (excluding diaryl/α,β-unsaturated/α-hetero) is 1. The van der Waals surface area contributed by atoms with Crippen molar-refractivity contribution in [3.05, 3.63) is 24.3 Å². The third kappa shape index (κ3) is 6.07. The monoisotopic (exact) mass is 358 g/mol. The van der Waals surface area contributed by atoms with Crippen LogP contribution in [-0.4, -0.2) is 30.9 Å². The Bertz CT molecular complexity index is 630. The van der Waals surface area contributed by atoms with Gasteiger partial charge in [0, 0.05) is 6.04 Å². The highest BCUT2D eigenvalue weighted by Crippen LogP contribution is 2.19. The minimum absolute atomic E-state index is 0.0662. The Morgan fingerprint density at radius 3 is 2.35 bits per heavy atom. The molecule has 0 aliphatic heterocycles. The number of ether oxygens (including phenoxy) is 2. The number of ketones is 1. The standard InChI is InChI=1S/C20H26N2O4/c1-2-12-25-16-8-10-17(11-9-16)26-14-19(23)18(13-21)20(24)22-15-6-4-3-5-7-15/h8-11,15,18H,2-7,12,14H2,1H3,(H,22,24). The average molecular weight is 358 g/mol. The molecule has 1 saturated carbocycles. The lowest BCUT2D eigenvalue weighted by molar-refractivity contribution is -0.133. The molecule has 1 aliphatic carbocycles. The van der Waals surface area contributed by atoms with E-state index in [4.69, 9.17) is 9.47 Å². The van der Waals surface area contributed by atoms with E-state index in [0.717, 1.165) is 37.9 Å². The quantitative estimate of drug-likeness (QED) is 0.686. The Balaban J connectivity index is 1.82. The van der Waals surface area contributed by atoms with Crippen molar-refractivity contribution < 1.29 is 19.1 Å². The van der Waals surface area contributed by atoms with Gasteiger partial charge in [0.25, 0.3) is 0 Å². The lowest BCUT2D eigenvalue weighted by Gasteiger charge is -2.23. The van der Waals surface area contributed by atoms with E-state index in [-0.39, 0.29) is 12.6 Å². The molecule has 1 unspecified atom stereocenters. The van der Waals surface area contributed by atoms with Crippen LogP contribution in [-0.2, 0) is 9.59 Å². The predicted molar refractivity (Wildman–Crippen MR) is 96.8 cm³/mol. The molecule has 140 valence electrons. The van der Waals surface area contributed by atoms with Gasteiger partial charge in [-0.05, 0) is 43.5 Å². The number of hydrogen-bond donors (Lipinski definition) is 1. The summed E-state index contributed by atoms with van der Waals surface area (Å²) in [6.45, 7) is 2.35. The van der Waals surface area contributed by atoms with Crippen molar-refractivity contribution in [2.45, 2.75) is 51.5 Å². The van der Waals surface area contributed by atoms with Crippen molar-refractivity contribution >= 4 is 11.7 Å². The highest BCUT2D eigenvalue weighted by molar-refractivity contribution is 6.04. The van der Waals surface area contributed by atoms with E-state index >= 15 is 0 Å². The normalized spacial score (nSPS) is 15.5. The molecule has 1 aromatic rings. The van der Waals surface area contributed by atoms with Crippen molar-refractivity contribution in [3.63, 3.8) is 0 Å². The molecular weight excluding hydrogens is 332 g/mol. The van der Waals surface area contributed by atoms with Gasteiger partial charge in [0.2, 0.25) is 5.91 Å². The third-order valence-corrected chi connectivity index (χ3v) is 4.34. The fourth-order valence-electron chi connectivity index (χ4n) is 2.90. The SMILES string of the molecule is CCCOc1ccc(OCC(=O)C(C#N)C(=O)NC2CCCCC2)cc1. The predicted octanol–water partition coefficient (Wildman–Crippen LogP) is 3.01. The van der Waals surface area contributed by atoms with Gasteiger partial charge in [-0.25, -0.2) is 0 Å². The van der Waals surface area contributed by atoms with Crippen LogP contribution in [0.5, 0.6) is 11.5 Å². The fourth-order valence-corrected chi connectivity index (χ4v) is 2.90. The van der Waals surface area contributed by atoms with Crippen LogP contribution >= 0.6 is 0 Å². The van der Waals surface area contributed by atoms with Crippen LogP contribution in [0.4, 0.5) is 0 Å². The second kappa shape index (κ2) is 10.4. The van der Waals surface area contributed by atoms with Crippen molar-refractivity contribution in [1.29, 1.82) is 5.26 Å². The highest BCUT2D eigenvalue weighted by atomic mass is 16.5. The van der Waals surface area contributed by atoms with Gasteiger partial charge in [0.15, 0.2) is 11.7 Å². The summed E-state index contributed by atoms with van der Waals surface area (Å²) in [5.41, 5.74) is 0. The molecule has 26 heavy (non-hydrogen) atoms. The minimum atomic E-state index is -1.33. The van der Waals surface area contributed by atoms with Crippen LogP contribution in [0.2, 0.25) is 0 Å². The molecule has 1 atom stereocenters. The van der Waals surface area contributed by atoms with E-state index in [1.807, 2.05) is 6.92 Å². The fraction of sp³-hybridized carbons (Fsp3) is 0.550. The van der Waals surface area contributed by atoms with Gasteiger partial charge in [-0.2, -0.15) is 5.26 Å². The van der Waals surface area contributed by atoms with E-state index in [9.17, 15) is 14.9 Å². The maximum absolute atomic E-state index is 12.2. The molecule has 0 radical (unpaired) electrons. The van der Waals surface area contributed by atoms with Gasteiger partial charge in [-0.3, -0.25) is 9.59 Å². The van der Waals surface area contributed by atoms with Crippen LogP contribution in [0.15, 0.2) is 24.3 Å². The summed E-state index contributed by atoms with van der Waals surface area (Å²) in [6.07, 6.45) is 6.03. The van der Waals surface area contributed by atoms with Crippen LogP contribution in [0, 0.1) is 17.2 Å². The second-order valence-corrected chi connectivity index (χ2v) is 6.48. The van der Waals surface area contributed by atoms with Gasteiger partial charge < -0.3 is 14.8 Å². The van der Waals surface area contributed by atoms with Gasteiger partial charge in [0.05, 0.1) is 12.7 Å². The summed E-state index contributed by atoms with van der Waals surface area (Å²) < 4.78 is 10.9. The number of amides is 1. The Morgan fingerprint density at radius 2 is 1.77 bits per heavy atom. The van der Waals surface area contributed by atoms with Gasteiger partial charge in [-0.1, -0.05) is 26.2 Å². The van der Waals surface area contributed by atoms with Crippen LogP contribution < -0.4 is 14.8 Å². The summed E-state index contributed by atoms with van der Waals surface area (Å²) in [5, 5.41) is 12.0. The van der Waals surface area contributed by atoms with Gasteiger partial charge in [-0.15, -0.1) is 0 Å². The summed E-state index contributed by atoms with van der Waals surface area (Å²) in [5.74, 6) is -1.16. The number of nitrogens with zero attached hydrogens (tertiary/aromatic N) is 1. The molecule has 0 heterocycles. The van der Waals surface area contributed by atoms with Crippen LogP contribution in [0.3, 0.4) is 0 Å². The van der Waals surface area contributed by atoms with Crippen molar-refractivity contribution in [1.82, 2.24) is 5.32 Å². The van der Waals surface area contributed by atoms with E-state index in [2.05, 4.69) is 5.32 Å². The summed E-state index contributed by atoms with van der Waals surface area (Å²) in [7, 11) is 0. The Hall–Kier alpha value is -2.55. The molecule has 0 spiro atoms. The Labute approximate surface area is 154 Å². The molecule has 1 aliphatic rings. The molecule has 1 aromatic carbocycles. The first-order valence-corrected chi connectivity index (χ1v) is 9.22. The number of nitrogens with one attached hydrogen (secondary N) is 1. The van der Waals surface area contributed by atoms with Gasteiger partial charge in [0.1, 0.15) is 18.1 Å². The van der Waals surface area contributed by atoms with Crippen molar-refractivity contribution in [3.8, 4) is 17.6 Å². The maximum atomic E-state index is 12.2. The Morgan fingerprint density at radius 1 is 1.15 bits per heavy atom. The average Bonchev–Trinajstić information content (AvgIpc) is 2.67. The molecule has 6 heteroatoms. The summed E-state index contributed by atoms with van der Waals surface area (Å²) in [6, 6.07) is 8.77. The molecule has 2 rings (SSSR count). The van der Waals surface area contributed by atoms with E-state index in [0.29, 0.717) is 12.4 Å². The van der Waals surface area contributed by atoms with Crippen molar-refractivity contribution in [2.75, 3.05) is 13.2 Å². The second-order valence-electron chi connectivity index (χ2n) is 6.48. The first-order chi connectivity index (χ1) is 12.6.